The van der Waals surface area contributed by atoms with E-state index in [0.717, 1.165) is 0 Å². The molecule has 1 aliphatic rings. The number of ether oxygens (including phenoxy) is 1. The van der Waals surface area contributed by atoms with E-state index in [1.54, 1.807) is 30.3 Å². The summed E-state index contributed by atoms with van der Waals surface area (Å²) >= 11 is 0. The van der Waals surface area contributed by atoms with Gasteiger partial charge < -0.3 is 15.4 Å². The number of Topliss-reactive ketones (excluding diaryl/α,β-unsaturated/α-hetero) is 1. The minimum atomic E-state index is -4.52. The number of ketones is 1. The summed E-state index contributed by atoms with van der Waals surface area (Å²) in [5.74, 6) is -1.80. The van der Waals surface area contributed by atoms with E-state index in [-0.39, 0.29) is 41.6 Å². The SMILES string of the molecule is COc1cccc(S(=O)(=O)N(C(=O)[C@H](CC(C)C)NC(=O)c2cnc3ccccc3n2)C2CCCNCC2=O)c1. The second-order valence-corrected chi connectivity index (χ2v) is 11.8. The summed E-state index contributed by atoms with van der Waals surface area (Å²) in [4.78, 5) is 49.0. The number of nitrogens with zero attached hydrogens (tertiary/aromatic N) is 3. The summed E-state index contributed by atoms with van der Waals surface area (Å²) in [6.45, 7) is 4.14. The molecule has 2 heterocycles. The van der Waals surface area contributed by atoms with Crippen LogP contribution in [0.15, 0.2) is 59.6 Å². The molecule has 2 amide bonds. The Morgan fingerprint density at radius 2 is 1.90 bits per heavy atom. The second-order valence-electron chi connectivity index (χ2n) is 10.0. The maximum atomic E-state index is 14.2. The summed E-state index contributed by atoms with van der Waals surface area (Å²) in [6.07, 6.45) is 2.08. The molecule has 11 nitrogen and oxygen atoms in total. The van der Waals surface area contributed by atoms with Crippen LogP contribution in [-0.2, 0) is 19.6 Å². The number of methoxy groups -OCH3 is 1. The van der Waals surface area contributed by atoms with Crippen molar-refractivity contribution in [2.24, 2.45) is 5.92 Å². The Morgan fingerprint density at radius 3 is 2.62 bits per heavy atom. The van der Waals surface area contributed by atoms with E-state index in [4.69, 9.17) is 4.74 Å². The van der Waals surface area contributed by atoms with Crippen LogP contribution >= 0.6 is 0 Å². The van der Waals surface area contributed by atoms with Crippen LogP contribution in [0.25, 0.3) is 11.0 Å². The minimum Gasteiger partial charge on any atom is -0.497 e. The van der Waals surface area contributed by atoms with Gasteiger partial charge in [0, 0.05) is 6.07 Å². The third-order valence-corrected chi connectivity index (χ3v) is 8.39. The maximum absolute atomic E-state index is 14.2. The minimum absolute atomic E-state index is 0.0165. The number of fused-ring (bicyclic) bond motifs is 1. The Kier molecular flexibility index (Phi) is 9.10. The van der Waals surface area contributed by atoms with Crippen LogP contribution in [0.2, 0.25) is 0 Å². The van der Waals surface area contributed by atoms with Gasteiger partial charge in [0.2, 0.25) is 0 Å². The normalized spacial score (nSPS) is 16.8. The van der Waals surface area contributed by atoms with Gasteiger partial charge in [-0.2, -0.15) is 0 Å². The maximum Gasteiger partial charge on any atom is 0.272 e. The number of nitrogens with one attached hydrogen (secondary N) is 2. The number of hydrogen-bond acceptors (Lipinski definition) is 9. The Balaban J connectivity index is 1.74. The number of benzene rings is 2. The van der Waals surface area contributed by atoms with E-state index in [1.165, 1.54) is 31.5 Å². The molecule has 1 unspecified atom stereocenters. The van der Waals surface area contributed by atoms with Crippen molar-refractivity contribution in [3.63, 3.8) is 0 Å². The average Bonchev–Trinajstić information content (AvgIpc) is 3.16. The lowest BCUT2D eigenvalue weighted by atomic mass is 10.0. The molecule has 2 atom stereocenters. The monoisotopic (exact) mass is 567 g/mol. The van der Waals surface area contributed by atoms with Crippen molar-refractivity contribution in [2.75, 3.05) is 20.2 Å². The predicted molar refractivity (Wildman–Crippen MR) is 148 cm³/mol. The standard InChI is InChI=1S/C28H33N5O6S/c1-18(2)14-23(32-27(35)24-16-30-21-10-4-5-11-22(21)31-24)28(36)33(25-12-7-13-29-17-26(25)34)40(37,38)20-9-6-8-19(15-20)39-3/h4-6,8-11,15-16,18,23,25,29H,7,12-14,17H2,1-3H3,(H,32,35)/t23-,25?/m0/s1. The molecule has 1 aromatic heterocycles. The number of carbonyl (C=O) groups is 3. The molecule has 0 bridgehead atoms. The van der Waals surface area contributed by atoms with E-state index in [1.807, 2.05) is 13.8 Å². The quantitative estimate of drug-likeness (QED) is 0.397. The summed E-state index contributed by atoms with van der Waals surface area (Å²) < 4.78 is 33.9. The topological polar surface area (TPSA) is 148 Å². The zero-order valence-corrected chi connectivity index (χ0v) is 23.5. The highest BCUT2D eigenvalue weighted by Crippen LogP contribution is 2.27. The molecule has 0 saturated carbocycles. The van der Waals surface area contributed by atoms with Gasteiger partial charge in [-0.15, -0.1) is 0 Å². The van der Waals surface area contributed by atoms with Gasteiger partial charge >= 0.3 is 0 Å². The molecule has 0 radical (unpaired) electrons. The summed E-state index contributed by atoms with van der Waals surface area (Å²) in [6, 6.07) is 10.3. The smallest absolute Gasteiger partial charge is 0.272 e. The van der Waals surface area contributed by atoms with Crippen molar-refractivity contribution in [1.82, 2.24) is 24.9 Å². The zero-order valence-electron chi connectivity index (χ0n) is 22.7. The number of amides is 2. The van der Waals surface area contributed by atoms with Crippen molar-refractivity contribution in [3.05, 3.63) is 60.4 Å². The Labute approximate surface area is 233 Å². The van der Waals surface area contributed by atoms with Crippen molar-refractivity contribution >= 4 is 38.7 Å². The molecule has 0 spiro atoms. The largest absolute Gasteiger partial charge is 0.497 e. The number of carbonyl (C=O) groups excluding carboxylic acids is 3. The molecule has 4 rings (SSSR count). The zero-order chi connectivity index (χ0) is 28.9. The lowest BCUT2D eigenvalue weighted by molar-refractivity contribution is -0.135. The Morgan fingerprint density at radius 1 is 1.15 bits per heavy atom. The third-order valence-electron chi connectivity index (χ3n) is 6.59. The van der Waals surface area contributed by atoms with Gasteiger partial charge in [-0.05, 0) is 56.0 Å². The first kappa shape index (κ1) is 29.1. The second kappa shape index (κ2) is 12.5. The molecule has 0 aliphatic carbocycles. The first-order valence-electron chi connectivity index (χ1n) is 13.1. The average molecular weight is 568 g/mol. The Hall–Kier alpha value is -3.90. The van der Waals surface area contributed by atoms with Crippen molar-refractivity contribution in [2.45, 2.75) is 50.1 Å². The molecular weight excluding hydrogens is 534 g/mol. The van der Waals surface area contributed by atoms with Gasteiger partial charge in [-0.25, -0.2) is 17.7 Å². The van der Waals surface area contributed by atoms with E-state index >= 15 is 0 Å². The van der Waals surface area contributed by atoms with E-state index in [9.17, 15) is 22.8 Å². The van der Waals surface area contributed by atoms with E-state index < -0.39 is 39.7 Å². The van der Waals surface area contributed by atoms with Crippen LogP contribution in [0, 0.1) is 5.92 Å². The Bertz CT molecular complexity index is 1510. The number of para-hydroxylation sites is 2. The third kappa shape index (κ3) is 6.45. The van der Waals surface area contributed by atoms with Gasteiger partial charge in [0.15, 0.2) is 5.78 Å². The molecular formula is C28H33N5O6S. The fourth-order valence-corrected chi connectivity index (χ4v) is 6.28. The van der Waals surface area contributed by atoms with Crippen molar-refractivity contribution in [3.8, 4) is 5.75 Å². The molecule has 3 aromatic rings. The molecule has 40 heavy (non-hydrogen) atoms. The molecule has 1 aliphatic heterocycles. The van der Waals surface area contributed by atoms with Gasteiger partial charge in [0.05, 0.1) is 35.8 Å². The van der Waals surface area contributed by atoms with Gasteiger partial charge in [0.1, 0.15) is 23.5 Å². The molecule has 2 aromatic carbocycles. The van der Waals surface area contributed by atoms with Crippen LogP contribution in [0.1, 0.15) is 43.6 Å². The van der Waals surface area contributed by atoms with Gasteiger partial charge in [-0.3, -0.25) is 19.4 Å². The fourth-order valence-electron chi connectivity index (χ4n) is 4.62. The van der Waals surface area contributed by atoms with Crippen LogP contribution in [-0.4, -0.2) is 72.6 Å². The fraction of sp³-hybridized carbons (Fsp3) is 0.393. The highest BCUT2D eigenvalue weighted by Gasteiger charge is 2.43. The highest BCUT2D eigenvalue weighted by atomic mass is 32.2. The summed E-state index contributed by atoms with van der Waals surface area (Å²) in [5.41, 5.74) is 1.09. The molecule has 1 saturated heterocycles. The lowest BCUT2D eigenvalue weighted by Gasteiger charge is -2.33. The first-order chi connectivity index (χ1) is 19.1. The predicted octanol–water partition coefficient (Wildman–Crippen LogP) is 2.32. The number of sulfonamides is 1. The van der Waals surface area contributed by atoms with Crippen molar-refractivity contribution < 1.29 is 27.5 Å². The molecule has 12 heteroatoms. The number of rotatable bonds is 9. The van der Waals surface area contributed by atoms with Crippen molar-refractivity contribution in [1.29, 1.82) is 0 Å². The number of hydrogen-bond donors (Lipinski definition) is 2. The van der Waals surface area contributed by atoms with Crippen LogP contribution in [0.3, 0.4) is 0 Å². The molecule has 212 valence electrons. The van der Waals surface area contributed by atoms with Gasteiger partial charge in [0.25, 0.3) is 21.8 Å². The van der Waals surface area contributed by atoms with Gasteiger partial charge in [-0.1, -0.05) is 32.0 Å². The van der Waals surface area contributed by atoms with Crippen LogP contribution < -0.4 is 15.4 Å². The van der Waals surface area contributed by atoms with Crippen LogP contribution in [0.5, 0.6) is 5.75 Å². The van der Waals surface area contributed by atoms with E-state index in [0.29, 0.717) is 28.3 Å². The summed E-state index contributed by atoms with van der Waals surface area (Å²) in [5, 5.41) is 5.65. The summed E-state index contributed by atoms with van der Waals surface area (Å²) in [7, 11) is -3.11. The lowest BCUT2D eigenvalue weighted by Crippen LogP contribution is -2.56. The van der Waals surface area contributed by atoms with E-state index in [2.05, 4.69) is 20.6 Å². The molecule has 1 fully saturated rings. The number of aromatic nitrogens is 2. The first-order valence-corrected chi connectivity index (χ1v) is 14.5. The molecule has 2 N–H and O–H groups in total. The highest BCUT2D eigenvalue weighted by molar-refractivity contribution is 7.89. The van der Waals surface area contributed by atoms with Crippen LogP contribution in [0.4, 0.5) is 0 Å².